The van der Waals surface area contributed by atoms with Crippen molar-refractivity contribution >= 4 is 0 Å². The lowest BCUT2D eigenvalue weighted by atomic mass is 10.1. The van der Waals surface area contributed by atoms with E-state index in [1.807, 2.05) is 24.3 Å². The minimum absolute atomic E-state index is 1.20. The first-order chi connectivity index (χ1) is 8.34. The van der Waals surface area contributed by atoms with Crippen molar-refractivity contribution in [2.45, 2.75) is 6.92 Å². The van der Waals surface area contributed by atoms with Crippen LogP contribution >= 0.6 is 0 Å². The number of hydrogen-bond donors (Lipinski definition) is 0. The minimum Gasteiger partial charge on any atom is -0.324 e. The number of benzene rings is 1. The summed E-state index contributed by atoms with van der Waals surface area (Å²) in [5.74, 6) is 0. The van der Waals surface area contributed by atoms with Gasteiger partial charge in [-0.2, -0.15) is 0 Å². The molecule has 0 unspecified atom stereocenters. The Labute approximate surface area is 101 Å². The highest BCUT2D eigenvalue weighted by molar-refractivity contribution is 5.48. The Morgan fingerprint density at radius 2 is 1.35 bits per heavy atom. The van der Waals surface area contributed by atoms with Crippen LogP contribution in [0.2, 0.25) is 0 Å². The number of hydrogen-bond acceptors (Lipinski definition) is 0. The molecule has 0 amide bonds. The zero-order valence-electron chi connectivity index (χ0n) is 9.75. The van der Waals surface area contributed by atoms with E-state index >= 15 is 0 Å². The molecule has 2 aromatic heterocycles. The maximum atomic E-state index is 2.20. The van der Waals surface area contributed by atoms with Crippen molar-refractivity contribution in [3.8, 4) is 11.4 Å². The molecule has 0 spiro atoms. The van der Waals surface area contributed by atoms with E-state index in [1.165, 1.54) is 16.9 Å². The second-order valence-corrected chi connectivity index (χ2v) is 4.15. The third-order valence-corrected chi connectivity index (χ3v) is 2.97. The van der Waals surface area contributed by atoms with Gasteiger partial charge in [0.25, 0.3) is 0 Å². The van der Waals surface area contributed by atoms with E-state index in [0.29, 0.717) is 0 Å². The van der Waals surface area contributed by atoms with E-state index < -0.39 is 0 Å². The van der Waals surface area contributed by atoms with Gasteiger partial charge in [-0.25, -0.2) is 0 Å². The standard InChI is InChI=1S/C15H14N2/c1-13-12-14(16-8-2-3-9-16)6-7-15(13)17-10-4-5-11-17/h2-12H,1H3. The Hall–Kier alpha value is -2.22. The topological polar surface area (TPSA) is 9.86 Å². The van der Waals surface area contributed by atoms with E-state index in [0.717, 1.165) is 0 Å². The number of rotatable bonds is 2. The summed E-state index contributed by atoms with van der Waals surface area (Å²) in [5.41, 5.74) is 3.70. The molecule has 0 saturated carbocycles. The van der Waals surface area contributed by atoms with Gasteiger partial charge in [0, 0.05) is 36.2 Å². The lowest BCUT2D eigenvalue weighted by molar-refractivity contribution is 1.03. The smallest absolute Gasteiger partial charge is 0.0480 e. The molecule has 0 atom stereocenters. The fourth-order valence-corrected chi connectivity index (χ4v) is 2.09. The average molecular weight is 222 g/mol. The molecule has 2 heterocycles. The molecule has 3 rings (SSSR count). The summed E-state index contributed by atoms with van der Waals surface area (Å²) in [5, 5.41) is 0. The van der Waals surface area contributed by atoms with Crippen molar-refractivity contribution in [2.24, 2.45) is 0 Å². The van der Waals surface area contributed by atoms with Crippen molar-refractivity contribution < 1.29 is 0 Å². The first-order valence-electron chi connectivity index (χ1n) is 5.72. The van der Waals surface area contributed by atoms with E-state index in [2.05, 4.69) is 59.0 Å². The summed E-state index contributed by atoms with van der Waals surface area (Å²) in [7, 11) is 0. The quantitative estimate of drug-likeness (QED) is 0.627. The van der Waals surface area contributed by atoms with Gasteiger partial charge < -0.3 is 9.13 Å². The first kappa shape index (κ1) is 9.97. The second kappa shape index (κ2) is 3.98. The molecule has 2 heteroatoms. The van der Waals surface area contributed by atoms with Crippen LogP contribution < -0.4 is 0 Å². The van der Waals surface area contributed by atoms with Crippen LogP contribution in [-0.2, 0) is 0 Å². The molecule has 17 heavy (non-hydrogen) atoms. The van der Waals surface area contributed by atoms with Crippen LogP contribution in [0.4, 0.5) is 0 Å². The van der Waals surface area contributed by atoms with Crippen LogP contribution in [0.5, 0.6) is 0 Å². The molecular formula is C15H14N2. The van der Waals surface area contributed by atoms with Crippen LogP contribution in [0.1, 0.15) is 5.56 Å². The number of nitrogens with zero attached hydrogens (tertiary/aromatic N) is 2. The van der Waals surface area contributed by atoms with E-state index in [1.54, 1.807) is 0 Å². The Bertz CT molecular complexity index is 604. The Kier molecular flexibility index (Phi) is 2.33. The van der Waals surface area contributed by atoms with E-state index in [-0.39, 0.29) is 0 Å². The van der Waals surface area contributed by atoms with Crippen LogP contribution in [0, 0.1) is 6.92 Å². The van der Waals surface area contributed by atoms with Gasteiger partial charge in [0.05, 0.1) is 0 Å². The highest BCUT2D eigenvalue weighted by atomic mass is 15.0. The highest BCUT2D eigenvalue weighted by Gasteiger charge is 2.02. The predicted molar refractivity (Wildman–Crippen MR) is 69.8 cm³/mol. The van der Waals surface area contributed by atoms with Gasteiger partial charge in [0.2, 0.25) is 0 Å². The SMILES string of the molecule is Cc1cc(-n2cccc2)ccc1-n1cccc1. The highest BCUT2D eigenvalue weighted by Crippen LogP contribution is 2.18. The number of aromatic nitrogens is 2. The van der Waals surface area contributed by atoms with Crippen LogP contribution in [0.3, 0.4) is 0 Å². The Balaban J connectivity index is 2.06. The van der Waals surface area contributed by atoms with Crippen molar-refractivity contribution in [1.82, 2.24) is 9.13 Å². The lowest BCUT2D eigenvalue weighted by Crippen LogP contribution is -1.96. The predicted octanol–water partition coefficient (Wildman–Crippen LogP) is 3.58. The second-order valence-electron chi connectivity index (χ2n) is 4.15. The molecule has 3 aromatic rings. The Morgan fingerprint density at radius 3 is 1.94 bits per heavy atom. The largest absolute Gasteiger partial charge is 0.324 e. The third-order valence-electron chi connectivity index (χ3n) is 2.97. The monoisotopic (exact) mass is 222 g/mol. The zero-order chi connectivity index (χ0) is 11.7. The fourth-order valence-electron chi connectivity index (χ4n) is 2.09. The molecule has 2 nitrogen and oxygen atoms in total. The molecule has 0 saturated heterocycles. The van der Waals surface area contributed by atoms with E-state index in [4.69, 9.17) is 0 Å². The fraction of sp³-hybridized carbons (Fsp3) is 0.0667. The van der Waals surface area contributed by atoms with Crippen molar-refractivity contribution in [1.29, 1.82) is 0 Å². The first-order valence-corrected chi connectivity index (χ1v) is 5.72. The van der Waals surface area contributed by atoms with Gasteiger partial charge in [0.15, 0.2) is 0 Å². The average Bonchev–Trinajstić information content (AvgIpc) is 3.02. The van der Waals surface area contributed by atoms with Gasteiger partial charge in [-0.3, -0.25) is 0 Å². The van der Waals surface area contributed by atoms with Gasteiger partial charge in [-0.15, -0.1) is 0 Å². The molecule has 0 radical (unpaired) electrons. The minimum atomic E-state index is 1.20. The zero-order valence-corrected chi connectivity index (χ0v) is 9.75. The maximum Gasteiger partial charge on any atom is 0.0480 e. The lowest BCUT2D eigenvalue weighted by Gasteiger charge is -2.10. The molecule has 0 aliphatic carbocycles. The molecule has 84 valence electrons. The summed E-state index contributed by atoms with van der Waals surface area (Å²) in [6.07, 6.45) is 8.25. The van der Waals surface area contributed by atoms with Gasteiger partial charge >= 0.3 is 0 Å². The molecule has 0 aliphatic heterocycles. The maximum absolute atomic E-state index is 2.20. The van der Waals surface area contributed by atoms with Gasteiger partial charge in [-0.05, 0) is 55.0 Å². The molecule has 0 aliphatic rings. The van der Waals surface area contributed by atoms with E-state index in [9.17, 15) is 0 Å². The molecule has 1 aromatic carbocycles. The van der Waals surface area contributed by atoms with Crippen molar-refractivity contribution in [3.05, 3.63) is 72.8 Å². The molecule has 0 bridgehead atoms. The van der Waals surface area contributed by atoms with Gasteiger partial charge in [0.1, 0.15) is 0 Å². The summed E-state index contributed by atoms with van der Waals surface area (Å²) < 4.78 is 4.25. The van der Waals surface area contributed by atoms with Crippen LogP contribution in [-0.4, -0.2) is 9.13 Å². The summed E-state index contributed by atoms with van der Waals surface area (Å²) >= 11 is 0. The summed E-state index contributed by atoms with van der Waals surface area (Å²) in [6, 6.07) is 14.7. The van der Waals surface area contributed by atoms with Crippen molar-refractivity contribution in [2.75, 3.05) is 0 Å². The number of aryl methyl sites for hydroxylation is 1. The van der Waals surface area contributed by atoms with Crippen LogP contribution in [0.25, 0.3) is 11.4 Å². The molecular weight excluding hydrogens is 208 g/mol. The summed E-state index contributed by atoms with van der Waals surface area (Å²) in [4.78, 5) is 0. The molecule has 0 fully saturated rings. The van der Waals surface area contributed by atoms with Crippen molar-refractivity contribution in [3.63, 3.8) is 0 Å². The van der Waals surface area contributed by atoms with Crippen LogP contribution in [0.15, 0.2) is 67.3 Å². The summed E-state index contributed by atoms with van der Waals surface area (Å²) in [6.45, 7) is 2.14. The Morgan fingerprint density at radius 1 is 0.765 bits per heavy atom. The third kappa shape index (κ3) is 1.78. The molecule has 0 N–H and O–H groups in total. The van der Waals surface area contributed by atoms with Gasteiger partial charge in [-0.1, -0.05) is 0 Å². The normalized spacial score (nSPS) is 10.6.